The molecule has 0 aromatic carbocycles. The van der Waals surface area contributed by atoms with Gasteiger partial charge in [-0.1, -0.05) is 0 Å². The molecule has 0 radical (unpaired) electrons. The lowest BCUT2D eigenvalue weighted by molar-refractivity contribution is -0.158. The van der Waals surface area contributed by atoms with Gasteiger partial charge in [0.2, 0.25) is 0 Å². The van der Waals surface area contributed by atoms with E-state index >= 15 is 0 Å². The molecule has 3 nitrogen and oxygen atoms in total. The van der Waals surface area contributed by atoms with Crippen LogP contribution < -0.4 is 0 Å². The Hall–Kier alpha value is -0.570. The number of carbonyl (C=O) groups is 1. The molecule has 2 fully saturated rings. The molecule has 0 saturated heterocycles. The minimum absolute atomic E-state index is 0.0192. The number of rotatable bonds is 2. The molecule has 0 aliphatic heterocycles. The zero-order valence-electron chi connectivity index (χ0n) is 9.37. The van der Waals surface area contributed by atoms with Gasteiger partial charge in [0.05, 0.1) is 18.6 Å². The highest BCUT2D eigenvalue weighted by molar-refractivity contribution is 5.73. The highest BCUT2D eigenvalue weighted by Gasteiger charge is 2.48. The Morgan fingerprint density at radius 3 is 2.53 bits per heavy atom. The molecule has 0 aromatic rings. The molecule has 2 saturated carbocycles. The Bertz CT molecular complexity index is 233. The smallest absolute Gasteiger partial charge is 0.308 e. The van der Waals surface area contributed by atoms with Gasteiger partial charge in [-0.15, -0.1) is 0 Å². The van der Waals surface area contributed by atoms with E-state index in [0.717, 1.165) is 38.5 Å². The Kier molecular flexibility index (Phi) is 3.01. The lowest BCUT2D eigenvalue weighted by atomic mass is 9.55. The molecule has 0 heterocycles. The van der Waals surface area contributed by atoms with Crippen LogP contribution in [0.15, 0.2) is 0 Å². The summed E-state index contributed by atoms with van der Waals surface area (Å²) in [6, 6.07) is 0. The molecule has 0 aromatic heterocycles. The average Bonchev–Trinajstić information content (AvgIpc) is 2.16. The molecule has 2 aliphatic carbocycles. The zero-order chi connectivity index (χ0) is 10.9. The average molecular weight is 212 g/mol. The molecule has 86 valence electrons. The second kappa shape index (κ2) is 4.12. The normalized spacial score (nSPS) is 39.9. The number of aliphatic hydroxyl groups is 1. The SMILES string of the molecule is CCOC(=O)C1CC2(CCC(O)CC2)C1. The van der Waals surface area contributed by atoms with E-state index in [1.54, 1.807) is 0 Å². The van der Waals surface area contributed by atoms with Gasteiger partial charge < -0.3 is 9.84 Å². The quantitative estimate of drug-likeness (QED) is 0.711. The number of hydrogen-bond donors (Lipinski definition) is 1. The third kappa shape index (κ3) is 2.17. The van der Waals surface area contributed by atoms with E-state index in [1.165, 1.54) is 0 Å². The van der Waals surface area contributed by atoms with Crippen LogP contribution in [0.5, 0.6) is 0 Å². The largest absolute Gasteiger partial charge is 0.466 e. The van der Waals surface area contributed by atoms with Crippen molar-refractivity contribution in [1.29, 1.82) is 0 Å². The molecule has 2 rings (SSSR count). The Morgan fingerprint density at radius 1 is 1.40 bits per heavy atom. The zero-order valence-corrected chi connectivity index (χ0v) is 9.37. The molecule has 1 N–H and O–H groups in total. The summed E-state index contributed by atoms with van der Waals surface area (Å²) in [5.74, 6) is 0.120. The van der Waals surface area contributed by atoms with Crippen LogP contribution in [0.3, 0.4) is 0 Å². The van der Waals surface area contributed by atoms with E-state index in [-0.39, 0.29) is 18.0 Å². The number of ether oxygens (including phenoxy) is 1. The lowest BCUT2D eigenvalue weighted by Gasteiger charge is -2.49. The number of aliphatic hydroxyl groups excluding tert-OH is 1. The van der Waals surface area contributed by atoms with Gasteiger partial charge in [-0.3, -0.25) is 4.79 Å². The molecule has 0 bridgehead atoms. The summed E-state index contributed by atoms with van der Waals surface area (Å²) >= 11 is 0. The van der Waals surface area contributed by atoms with Crippen LogP contribution in [0.1, 0.15) is 45.4 Å². The van der Waals surface area contributed by atoms with Gasteiger partial charge in [0, 0.05) is 0 Å². The van der Waals surface area contributed by atoms with Crippen molar-refractivity contribution in [1.82, 2.24) is 0 Å². The Balaban J connectivity index is 1.79. The molecule has 3 heteroatoms. The van der Waals surface area contributed by atoms with E-state index in [1.807, 2.05) is 6.92 Å². The fourth-order valence-corrected chi connectivity index (χ4v) is 3.04. The summed E-state index contributed by atoms with van der Waals surface area (Å²) in [6.45, 7) is 2.34. The maximum Gasteiger partial charge on any atom is 0.308 e. The highest BCUT2D eigenvalue weighted by Crippen LogP contribution is 2.54. The molecule has 0 atom stereocenters. The van der Waals surface area contributed by atoms with Gasteiger partial charge in [0.15, 0.2) is 0 Å². The van der Waals surface area contributed by atoms with Gasteiger partial charge in [-0.05, 0) is 50.9 Å². The van der Waals surface area contributed by atoms with Crippen LogP contribution in [0.2, 0.25) is 0 Å². The predicted molar refractivity (Wildman–Crippen MR) is 56.3 cm³/mol. The standard InChI is InChI=1S/C12H20O3/c1-2-15-11(14)9-7-12(8-9)5-3-10(13)4-6-12/h9-10,13H,2-8H2,1H3. The van der Waals surface area contributed by atoms with Crippen molar-refractivity contribution in [3.8, 4) is 0 Å². The number of esters is 1. The highest BCUT2D eigenvalue weighted by atomic mass is 16.5. The van der Waals surface area contributed by atoms with Gasteiger partial charge in [0.1, 0.15) is 0 Å². The summed E-state index contributed by atoms with van der Waals surface area (Å²) in [7, 11) is 0. The summed E-state index contributed by atoms with van der Waals surface area (Å²) < 4.78 is 5.01. The van der Waals surface area contributed by atoms with Gasteiger partial charge >= 0.3 is 5.97 Å². The topological polar surface area (TPSA) is 46.5 Å². The third-order valence-electron chi connectivity index (χ3n) is 3.99. The van der Waals surface area contributed by atoms with Crippen molar-refractivity contribution in [2.75, 3.05) is 6.61 Å². The Labute approximate surface area is 90.8 Å². The van der Waals surface area contributed by atoms with E-state index in [9.17, 15) is 9.90 Å². The first kappa shape index (κ1) is 10.9. The van der Waals surface area contributed by atoms with Crippen LogP contribution in [-0.2, 0) is 9.53 Å². The first-order chi connectivity index (χ1) is 7.15. The van der Waals surface area contributed by atoms with Crippen LogP contribution in [-0.4, -0.2) is 23.8 Å². The summed E-state index contributed by atoms with van der Waals surface area (Å²) in [6.07, 6.45) is 5.87. The van der Waals surface area contributed by atoms with E-state index < -0.39 is 0 Å². The molecule has 15 heavy (non-hydrogen) atoms. The molecule has 0 amide bonds. The monoisotopic (exact) mass is 212 g/mol. The molecular weight excluding hydrogens is 192 g/mol. The minimum atomic E-state index is -0.0998. The molecule has 2 aliphatic rings. The van der Waals surface area contributed by atoms with Gasteiger partial charge in [-0.2, -0.15) is 0 Å². The van der Waals surface area contributed by atoms with Crippen LogP contribution in [0, 0.1) is 11.3 Å². The van der Waals surface area contributed by atoms with Crippen molar-refractivity contribution in [3.05, 3.63) is 0 Å². The van der Waals surface area contributed by atoms with Crippen molar-refractivity contribution < 1.29 is 14.6 Å². The van der Waals surface area contributed by atoms with E-state index in [4.69, 9.17) is 4.74 Å². The second-order valence-corrected chi connectivity index (χ2v) is 5.09. The predicted octanol–water partition coefficient (Wildman–Crippen LogP) is 1.88. The molecular formula is C12H20O3. The molecule has 0 unspecified atom stereocenters. The summed E-state index contributed by atoms with van der Waals surface area (Å²) in [4.78, 5) is 11.4. The van der Waals surface area contributed by atoms with Gasteiger partial charge in [-0.25, -0.2) is 0 Å². The lowest BCUT2D eigenvalue weighted by Crippen LogP contribution is -2.44. The van der Waals surface area contributed by atoms with Crippen molar-refractivity contribution in [2.24, 2.45) is 11.3 Å². The molecule has 1 spiro atoms. The van der Waals surface area contributed by atoms with Gasteiger partial charge in [0.25, 0.3) is 0 Å². The fourth-order valence-electron chi connectivity index (χ4n) is 3.04. The van der Waals surface area contributed by atoms with Crippen molar-refractivity contribution in [3.63, 3.8) is 0 Å². The fraction of sp³-hybridized carbons (Fsp3) is 0.917. The maximum atomic E-state index is 11.4. The third-order valence-corrected chi connectivity index (χ3v) is 3.99. The first-order valence-electron chi connectivity index (χ1n) is 6.00. The van der Waals surface area contributed by atoms with Crippen molar-refractivity contribution in [2.45, 2.75) is 51.6 Å². The first-order valence-corrected chi connectivity index (χ1v) is 6.00. The summed E-state index contributed by atoms with van der Waals surface area (Å²) in [5, 5.41) is 9.43. The van der Waals surface area contributed by atoms with Crippen molar-refractivity contribution >= 4 is 5.97 Å². The number of hydrogen-bond acceptors (Lipinski definition) is 3. The Morgan fingerprint density at radius 2 is 2.00 bits per heavy atom. The van der Waals surface area contributed by atoms with Crippen LogP contribution in [0.25, 0.3) is 0 Å². The summed E-state index contributed by atoms with van der Waals surface area (Å²) in [5.41, 5.74) is 0.372. The minimum Gasteiger partial charge on any atom is -0.466 e. The van der Waals surface area contributed by atoms with Crippen LogP contribution in [0.4, 0.5) is 0 Å². The second-order valence-electron chi connectivity index (χ2n) is 5.09. The maximum absolute atomic E-state index is 11.4. The number of carbonyl (C=O) groups excluding carboxylic acids is 1. The van der Waals surface area contributed by atoms with Crippen LogP contribution >= 0.6 is 0 Å². The van der Waals surface area contributed by atoms with E-state index in [0.29, 0.717) is 12.0 Å². The van der Waals surface area contributed by atoms with E-state index in [2.05, 4.69) is 0 Å².